The number of ether oxygens (including phenoxy) is 2. The third kappa shape index (κ3) is 6.39. The molecule has 4 rings (SSSR count). The molecule has 0 aliphatic carbocycles. The molecule has 4 heterocycles. The molecule has 37 heavy (non-hydrogen) atoms. The van der Waals surface area contributed by atoms with Gasteiger partial charge >= 0.3 is 11.9 Å². The van der Waals surface area contributed by atoms with E-state index in [-0.39, 0.29) is 36.4 Å². The Morgan fingerprint density at radius 3 is 2.70 bits per heavy atom. The van der Waals surface area contributed by atoms with Crippen LogP contribution in [0.15, 0.2) is 33.4 Å². The van der Waals surface area contributed by atoms with Crippen LogP contribution in [0.25, 0.3) is 11.5 Å². The summed E-state index contributed by atoms with van der Waals surface area (Å²) in [6.45, 7) is 4.44. The fourth-order valence-corrected chi connectivity index (χ4v) is 4.69. The van der Waals surface area contributed by atoms with Crippen molar-refractivity contribution in [1.29, 1.82) is 0 Å². The molecule has 1 fully saturated rings. The maximum atomic E-state index is 13.2. The zero-order chi connectivity index (χ0) is 26.2. The van der Waals surface area contributed by atoms with Crippen LogP contribution in [0.3, 0.4) is 0 Å². The minimum absolute atomic E-state index is 0.0273. The molecule has 0 aromatic carbocycles. The highest BCUT2D eigenvalue weighted by atomic mass is 32.1. The number of rotatable bonds is 10. The van der Waals surface area contributed by atoms with E-state index in [4.69, 9.17) is 18.8 Å². The van der Waals surface area contributed by atoms with Crippen LogP contribution in [0.5, 0.6) is 0 Å². The van der Waals surface area contributed by atoms with Crippen LogP contribution in [0, 0.1) is 0 Å². The van der Waals surface area contributed by atoms with Crippen molar-refractivity contribution < 1.29 is 33.2 Å². The first-order valence-corrected chi connectivity index (χ1v) is 12.6. The number of likely N-dealkylation sites (tertiary alicyclic amines) is 1. The number of aromatic nitrogens is 4. The van der Waals surface area contributed by atoms with Crippen LogP contribution in [-0.4, -0.2) is 81.7 Å². The number of esters is 2. The monoisotopic (exact) mass is 530 g/mol. The van der Waals surface area contributed by atoms with Crippen molar-refractivity contribution >= 4 is 34.9 Å². The van der Waals surface area contributed by atoms with Crippen molar-refractivity contribution in [3.8, 4) is 11.5 Å². The first-order chi connectivity index (χ1) is 18.0. The van der Waals surface area contributed by atoms with Gasteiger partial charge < -0.3 is 23.7 Å². The van der Waals surface area contributed by atoms with Crippen LogP contribution < -0.4 is 0 Å². The molecule has 0 saturated carbocycles. The third-order valence-corrected chi connectivity index (χ3v) is 6.51. The number of piperidine rings is 1. The summed E-state index contributed by atoms with van der Waals surface area (Å²) in [5.74, 6) is -0.910. The zero-order valence-electron chi connectivity index (χ0n) is 20.3. The molecule has 0 unspecified atom stereocenters. The molecule has 1 aliphatic rings. The van der Waals surface area contributed by atoms with Crippen molar-refractivity contribution in [2.24, 2.45) is 5.16 Å². The molecule has 196 valence electrons. The fraction of sp³-hybridized carbons (Fsp3) is 0.435. The largest absolute Gasteiger partial charge is 0.463 e. The van der Waals surface area contributed by atoms with Gasteiger partial charge in [-0.15, -0.1) is 11.3 Å². The van der Waals surface area contributed by atoms with Gasteiger partial charge in [0.2, 0.25) is 6.61 Å². The number of nitrogens with one attached hydrogen (secondary N) is 1. The van der Waals surface area contributed by atoms with E-state index in [0.717, 1.165) is 5.01 Å². The summed E-state index contributed by atoms with van der Waals surface area (Å²) < 4.78 is 15.0. The van der Waals surface area contributed by atoms with Crippen molar-refractivity contribution in [2.45, 2.75) is 32.6 Å². The standard InChI is InChI=1S/C23H26N6O7S/c1-3-33-19(30)12-35-28-20(15-5-8-24-26-15)22(31)29-9-6-14(7-10-29)21-25-17(13-37-21)18-11-16(27-36-18)23(32)34-4-2/h5,8,11,13-14H,3-4,6-7,9-10,12H2,1-2H3,(H,24,26)/b28-20+. The topological polar surface area (TPSA) is 162 Å². The van der Waals surface area contributed by atoms with Crippen molar-refractivity contribution in [1.82, 2.24) is 25.2 Å². The minimum Gasteiger partial charge on any atom is -0.463 e. The molecule has 0 radical (unpaired) electrons. The lowest BCUT2D eigenvalue weighted by Crippen LogP contribution is -2.42. The van der Waals surface area contributed by atoms with E-state index in [0.29, 0.717) is 43.1 Å². The quantitative estimate of drug-likeness (QED) is 0.234. The van der Waals surface area contributed by atoms with Gasteiger partial charge in [-0.1, -0.05) is 10.3 Å². The number of oxime groups is 1. The van der Waals surface area contributed by atoms with Gasteiger partial charge in [0.05, 0.1) is 23.9 Å². The highest BCUT2D eigenvalue weighted by Gasteiger charge is 2.30. The third-order valence-electron chi connectivity index (χ3n) is 5.50. The molecule has 1 amide bonds. The van der Waals surface area contributed by atoms with Crippen LogP contribution in [0.4, 0.5) is 0 Å². The Bertz CT molecular complexity index is 1240. The van der Waals surface area contributed by atoms with E-state index in [1.165, 1.54) is 23.6 Å². The number of nitrogens with zero attached hydrogens (tertiary/aromatic N) is 5. The summed E-state index contributed by atoms with van der Waals surface area (Å²) in [5.41, 5.74) is 1.10. The highest BCUT2D eigenvalue weighted by Crippen LogP contribution is 2.33. The first-order valence-electron chi connectivity index (χ1n) is 11.7. The summed E-state index contributed by atoms with van der Waals surface area (Å²) in [6, 6.07) is 3.11. The molecule has 14 heteroatoms. The second-order valence-electron chi connectivity index (χ2n) is 7.92. The highest BCUT2D eigenvalue weighted by molar-refractivity contribution is 7.10. The maximum Gasteiger partial charge on any atom is 0.360 e. The van der Waals surface area contributed by atoms with Crippen LogP contribution in [0.2, 0.25) is 0 Å². The molecule has 0 spiro atoms. The summed E-state index contributed by atoms with van der Waals surface area (Å²) in [5, 5.41) is 17.0. The summed E-state index contributed by atoms with van der Waals surface area (Å²) in [6.07, 6.45) is 2.90. The predicted molar refractivity (Wildman–Crippen MR) is 130 cm³/mol. The van der Waals surface area contributed by atoms with E-state index in [2.05, 4.69) is 25.5 Å². The molecule has 0 atom stereocenters. The normalized spacial score (nSPS) is 14.4. The Labute approximate surface area is 215 Å². The van der Waals surface area contributed by atoms with E-state index < -0.39 is 18.5 Å². The van der Waals surface area contributed by atoms with Gasteiger partial charge in [-0.2, -0.15) is 5.10 Å². The number of hydrogen-bond acceptors (Lipinski definition) is 12. The molecule has 13 nitrogen and oxygen atoms in total. The average Bonchev–Trinajstić information content (AvgIpc) is 3.68. The number of carbonyl (C=O) groups is 3. The van der Waals surface area contributed by atoms with Crippen molar-refractivity contribution in [3.05, 3.63) is 40.1 Å². The molecule has 3 aromatic rings. The van der Waals surface area contributed by atoms with Crippen LogP contribution >= 0.6 is 11.3 Å². The van der Waals surface area contributed by atoms with Gasteiger partial charge in [0.25, 0.3) is 5.91 Å². The van der Waals surface area contributed by atoms with Crippen molar-refractivity contribution in [2.75, 3.05) is 32.9 Å². The van der Waals surface area contributed by atoms with E-state index in [1.54, 1.807) is 24.8 Å². The Balaban J connectivity index is 1.37. The second-order valence-corrected chi connectivity index (χ2v) is 8.81. The molecule has 0 bridgehead atoms. The fourth-order valence-electron chi connectivity index (χ4n) is 3.71. The van der Waals surface area contributed by atoms with Gasteiger partial charge in [-0.25, -0.2) is 14.6 Å². The van der Waals surface area contributed by atoms with Gasteiger partial charge in [-0.3, -0.25) is 9.89 Å². The van der Waals surface area contributed by atoms with Gasteiger partial charge in [-0.05, 0) is 32.8 Å². The Morgan fingerprint density at radius 1 is 1.22 bits per heavy atom. The summed E-state index contributed by atoms with van der Waals surface area (Å²) in [4.78, 5) is 48.0. The van der Waals surface area contributed by atoms with Crippen LogP contribution in [-0.2, 0) is 23.9 Å². The number of thiazole rings is 1. The second kappa shape index (κ2) is 12.3. The van der Waals surface area contributed by atoms with Crippen molar-refractivity contribution in [3.63, 3.8) is 0 Å². The number of carbonyl (C=O) groups excluding carboxylic acids is 3. The van der Waals surface area contributed by atoms with E-state index in [9.17, 15) is 14.4 Å². The zero-order valence-corrected chi connectivity index (χ0v) is 21.2. The van der Waals surface area contributed by atoms with E-state index in [1.807, 2.05) is 5.38 Å². The summed E-state index contributed by atoms with van der Waals surface area (Å²) in [7, 11) is 0. The average molecular weight is 531 g/mol. The molecule has 3 aromatic heterocycles. The molecule has 1 N–H and O–H groups in total. The lowest BCUT2D eigenvalue weighted by molar-refractivity contribution is -0.148. The van der Waals surface area contributed by atoms with Gasteiger partial charge in [0, 0.05) is 36.7 Å². The maximum absolute atomic E-state index is 13.2. The predicted octanol–water partition coefficient (Wildman–Crippen LogP) is 2.39. The smallest absolute Gasteiger partial charge is 0.360 e. The van der Waals surface area contributed by atoms with E-state index >= 15 is 0 Å². The Kier molecular flexibility index (Phi) is 8.61. The van der Waals surface area contributed by atoms with Gasteiger partial charge in [0.15, 0.2) is 17.2 Å². The lowest BCUT2D eigenvalue weighted by atomic mass is 9.97. The Morgan fingerprint density at radius 2 is 2.00 bits per heavy atom. The molecular formula is C23H26N6O7S. The van der Waals surface area contributed by atoms with Crippen LogP contribution in [0.1, 0.15) is 53.8 Å². The first kappa shape index (κ1) is 26.0. The number of H-pyrrole nitrogens is 1. The summed E-state index contributed by atoms with van der Waals surface area (Å²) >= 11 is 1.49. The number of aromatic amines is 1. The molecular weight excluding hydrogens is 504 g/mol. The molecule has 1 aliphatic heterocycles. The SMILES string of the molecule is CCOC(=O)CO/N=C(/C(=O)N1CCC(c2nc(-c3cc(C(=O)OCC)no3)cs2)CC1)c1ccn[nH]1. The Hall–Kier alpha value is -4.07. The van der Waals surface area contributed by atoms with Gasteiger partial charge in [0.1, 0.15) is 5.69 Å². The molecule has 1 saturated heterocycles. The number of amides is 1. The lowest BCUT2D eigenvalue weighted by Gasteiger charge is -2.31. The number of hydrogen-bond donors (Lipinski definition) is 1. The minimum atomic E-state index is -0.575.